The minimum atomic E-state index is 0.192. The molecule has 0 aliphatic rings. The summed E-state index contributed by atoms with van der Waals surface area (Å²) in [6, 6.07) is 3.76. The highest BCUT2D eigenvalue weighted by Crippen LogP contribution is 2.25. The second-order valence-corrected chi connectivity index (χ2v) is 3.61. The maximum atomic E-state index is 7.26. The van der Waals surface area contributed by atoms with E-state index in [1.54, 1.807) is 6.20 Å². The first-order chi connectivity index (χ1) is 8.19. The zero-order chi connectivity index (χ0) is 12.7. The van der Waals surface area contributed by atoms with E-state index in [2.05, 4.69) is 9.88 Å². The Balaban J connectivity index is 2.82. The normalized spacial score (nSPS) is 10.0. The van der Waals surface area contributed by atoms with Crippen LogP contribution in [0.3, 0.4) is 0 Å². The highest BCUT2D eigenvalue weighted by molar-refractivity contribution is 5.77. The van der Waals surface area contributed by atoms with Gasteiger partial charge in [-0.15, -0.1) is 0 Å². The average Bonchev–Trinajstić information content (AvgIpc) is 2.32. The number of nitrogens with one attached hydrogen (secondary N) is 1. The molecule has 1 heterocycles. The summed E-state index contributed by atoms with van der Waals surface area (Å²) in [6.45, 7) is 6.10. The van der Waals surface area contributed by atoms with Crippen LogP contribution in [0.2, 0.25) is 0 Å². The highest BCUT2D eigenvalue weighted by atomic mass is 16.5. The second kappa shape index (κ2) is 6.73. The molecule has 0 atom stereocenters. The minimum Gasteiger partial charge on any atom is -0.490 e. The van der Waals surface area contributed by atoms with Crippen molar-refractivity contribution >= 4 is 11.7 Å². The zero-order valence-electron chi connectivity index (χ0n) is 10.4. The number of aromatic nitrogens is 1. The van der Waals surface area contributed by atoms with Gasteiger partial charge in [-0.25, -0.2) is 4.98 Å². The van der Waals surface area contributed by atoms with Gasteiger partial charge in [-0.3, -0.25) is 5.41 Å². The van der Waals surface area contributed by atoms with E-state index < -0.39 is 0 Å². The number of rotatable bonds is 7. The lowest BCUT2D eigenvalue weighted by Gasteiger charge is -2.23. The van der Waals surface area contributed by atoms with Crippen LogP contribution in [0.4, 0.5) is 5.82 Å². The Morgan fingerprint density at radius 1 is 1.53 bits per heavy atom. The number of nitrogens with two attached hydrogens (primary N) is 1. The van der Waals surface area contributed by atoms with Crippen LogP contribution in [-0.4, -0.2) is 30.5 Å². The Morgan fingerprint density at radius 2 is 2.29 bits per heavy atom. The van der Waals surface area contributed by atoms with Gasteiger partial charge in [0.15, 0.2) is 11.6 Å². The van der Waals surface area contributed by atoms with Crippen molar-refractivity contribution in [1.29, 1.82) is 5.41 Å². The number of pyridine rings is 1. The van der Waals surface area contributed by atoms with Crippen LogP contribution in [0.1, 0.15) is 20.3 Å². The third-order valence-electron chi connectivity index (χ3n) is 2.38. The summed E-state index contributed by atoms with van der Waals surface area (Å²) in [7, 11) is 0. The Kier molecular flexibility index (Phi) is 5.26. The van der Waals surface area contributed by atoms with Gasteiger partial charge >= 0.3 is 0 Å². The Morgan fingerprint density at radius 3 is 2.88 bits per heavy atom. The Hall–Kier alpha value is -1.78. The molecule has 0 fully saturated rings. The lowest BCUT2D eigenvalue weighted by Crippen LogP contribution is -2.28. The van der Waals surface area contributed by atoms with Crippen LogP contribution >= 0.6 is 0 Å². The molecule has 1 rings (SSSR count). The molecule has 0 bridgehead atoms. The van der Waals surface area contributed by atoms with Gasteiger partial charge in [0.25, 0.3) is 0 Å². The van der Waals surface area contributed by atoms with Crippen LogP contribution in [0.5, 0.6) is 5.75 Å². The fourth-order valence-corrected chi connectivity index (χ4v) is 1.56. The summed E-state index contributed by atoms with van der Waals surface area (Å²) in [5, 5.41) is 7.26. The highest BCUT2D eigenvalue weighted by Gasteiger charge is 2.11. The van der Waals surface area contributed by atoms with Gasteiger partial charge in [-0.1, -0.05) is 0 Å². The number of ether oxygens (including phenoxy) is 1. The smallest absolute Gasteiger partial charge is 0.171 e. The molecular formula is C12H20N4O. The van der Waals surface area contributed by atoms with Crippen LogP contribution in [-0.2, 0) is 0 Å². The molecule has 1 aromatic rings. The Bertz CT molecular complexity index is 367. The molecule has 0 unspecified atom stereocenters. The molecule has 0 saturated carbocycles. The second-order valence-electron chi connectivity index (χ2n) is 3.61. The molecule has 0 radical (unpaired) electrons. The SMILES string of the molecule is CCOc1cccnc1N(CC)CCC(=N)N. The molecule has 0 aromatic carbocycles. The van der Waals surface area contributed by atoms with Crippen molar-refractivity contribution in [2.24, 2.45) is 5.73 Å². The van der Waals surface area contributed by atoms with Crippen molar-refractivity contribution < 1.29 is 4.74 Å². The maximum absolute atomic E-state index is 7.26. The van der Waals surface area contributed by atoms with Gasteiger partial charge in [0.05, 0.1) is 12.4 Å². The summed E-state index contributed by atoms with van der Waals surface area (Å²) in [5.41, 5.74) is 5.38. The van der Waals surface area contributed by atoms with E-state index in [-0.39, 0.29) is 5.84 Å². The molecule has 5 heteroatoms. The van der Waals surface area contributed by atoms with E-state index in [1.807, 2.05) is 26.0 Å². The quantitative estimate of drug-likeness (QED) is 0.557. The third kappa shape index (κ3) is 3.94. The maximum Gasteiger partial charge on any atom is 0.171 e. The van der Waals surface area contributed by atoms with E-state index >= 15 is 0 Å². The molecular weight excluding hydrogens is 216 g/mol. The Labute approximate surface area is 102 Å². The molecule has 1 aromatic heterocycles. The van der Waals surface area contributed by atoms with Gasteiger partial charge in [0.2, 0.25) is 0 Å². The zero-order valence-corrected chi connectivity index (χ0v) is 10.4. The molecule has 3 N–H and O–H groups in total. The number of nitrogens with zero attached hydrogens (tertiary/aromatic N) is 2. The predicted octanol–water partition coefficient (Wildman–Crippen LogP) is 1.63. The van der Waals surface area contributed by atoms with Crippen LogP contribution in [0, 0.1) is 5.41 Å². The van der Waals surface area contributed by atoms with Crippen LogP contribution in [0.15, 0.2) is 18.3 Å². The van der Waals surface area contributed by atoms with E-state index in [0.717, 1.165) is 18.1 Å². The summed E-state index contributed by atoms with van der Waals surface area (Å²) >= 11 is 0. The van der Waals surface area contributed by atoms with Gasteiger partial charge in [-0.2, -0.15) is 0 Å². The molecule has 94 valence electrons. The van der Waals surface area contributed by atoms with E-state index in [4.69, 9.17) is 15.9 Å². The standard InChI is InChI=1S/C12H20N4O/c1-3-16(9-7-11(13)14)12-10(17-4-2)6-5-8-15-12/h5-6,8H,3-4,7,9H2,1-2H3,(H3,13,14). The number of amidine groups is 1. The first kappa shape index (κ1) is 13.3. The lowest BCUT2D eigenvalue weighted by atomic mass is 10.3. The van der Waals surface area contributed by atoms with Crippen molar-refractivity contribution in [2.45, 2.75) is 20.3 Å². The third-order valence-corrected chi connectivity index (χ3v) is 2.38. The predicted molar refractivity (Wildman–Crippen MR) is 69.8 cm³/mol. The first-order valence-corrected chi connectivity index (χ1v) is 5.84. The monoisotopic (exact) mass is 236 g/mol. The van der Waals surface area contributed by atoms with Crippen LogP contribution in [0.25, 0.3) is 0 Å². The van der Waals surface area contributed by atoms with E-state index in [0.29, 0.717) is 19.6 Å². The summed E-state index contributed by atoms with van der Waals surface area (Å²) in [4.78, 5) is 6.40. The van der Waals surface area contributed by atoms with Gasteiger partial charge < -0.3 is 15.4 Å². The van der Waals surface area contributed by atoms with E-state index in [9.17, 15) is 0 Å². The van der Waals surface area contributed by atoms with Crippen molar-refractivity contribution in [3.05, 3.63) is 18.3 Å². The first-order valence-electron chi connectivity index (χ1n) is 5.84. The lowest BCUT2D eigenvalue weighted by molar-refractivity contribution is 0.339. The molecule has 0 spiro atoms. The molecule has 0 aliphatic heterocycles. The molecule has 5 nitrogen and oxygen atoms in total. The number of anilines is 1. The van der Waals surface area contributed by atoms with Crippen molar-refractivity contribution in [3.63, 3.8) is 0 Å². The van der Waals surface area contributed by atoms with Crippen molar-refractivity contribution in [1.82, 2.24) is 4.98 Å². The topological polar surface area (TPSA) is 75.2 Å². The minimum absolute atomic E-state index is 0.192. The largest absolute Gasteiger partial charge is 0.490 e. The number of hydrogen-bond donors (Lipinski definition) is 2. The molecule has 17 heavy (non-hydrogen) atoms. The van der Waals surface area contributed by atoms with Gasteiger partial charge in [0, 0.05) is 25.7 Å². The summed E-state index contributed by atoms with van der Waals surface area (Å²) < 4.78 is 5.54. The van der Waals surface area contributed by atoms with Crippen molar-refractivity contribution in [2.75, 3.05) is 24.6 Å². The van der Waals surface area contributed by atoms with Gasteiger partial charge in [0.1, 0.15) is 0 Å². The van der Waals surface area contributed by atoms with Crippen LogP contribution < -0.4 is 15.4 Å². The molecule has 0 aliphatic carbocycles. The average molecular weight is 236 g/mol. The van der Waals surface area contributed by atoms with E-state index in [1.165, 1.54) is 0 Å². The molecule has 0 amide bonds. The summed E-state index contributed by atoms with van der Waals surface area (Å²) in [6.07, 6.45) is 2.28. The fraction of sp³-hybridized carbons (Fsp3) is 0.500. The number of hydrogen-bond acceptors (Lipinski definition) is 4. The summed E-state index contributed by atoms with van der Waals surface area (Å²) in [5.74, 6) is 1.79. The fourth-order valence-electron chi connectivity index (χ4n) is 1.56. The molecule has 0 saturated heterocycles. The van der Waals surface area contributed by atoms with Gasteiger partial charge in [-0.05, 0) is 26.0 Å². The van der Waals surface area contributed by atoms with Crippen molar-refractivity contribution in [3.8, 4) is 5.75 Å².